The topological polar surface area (TPSA) is 93.5 Å². The molecule has 1 aliphatic heterocycles. The van der Waals surface area contributed by atoms with Crippen LogP contribution >= 0.6 is 0 Å². The van der Waals surface area contributed by atoms with Gasteiger partial charge in [0.25, 0.3) is 0 Å². The van der Waals surface area contributed by atoms with Gasteiger partial charge >= 0.3 is 0 Å². The van der Waals surface area contributed by atoms with E-state index < -0.39 is 6.04 Å². The molecule has 1 unspecified atom stereocenters. The summed E-state index contributed by atoms with van der Waals surface area (Å²) in [4.78, 5) is 23.6. The predicted octanol–water partition coefficient (Wildman–Crippen LogP) is 0.206. The number of hydrogen-bond donors (Lipinski definition) is 3. The monoisotopic (exact) mass is 305 g/mol. The van der Waals surface area contributed by atoms with Crippen LogP contribution in [-0.2, 0) is 16.0 Å². The molecule has 0 radical (unpaired) electrons. The molecule has 0 fully saturated rings. The van der Waals surface area contributed by atoms with Crippen molar-refractivity contribution in [3.05, 3.63) is 29.8 Å². The number of hydrogen-bond acceptors (Lipinski definition) is 4. The molecule has 1 aromatic rings. The standard InChI is InChI=1S/C16H23N3O3/c1-10(2)15(17)16(21)18-8-14(20)19-12-7-11-5-3-4-6-13(11)22-9-12/h3-6,10,12,15H,7-9,17H2,1-2H3,(H,18,21)(H,19,20)/t12?,15-/m0/s1. The van der Waals surface area contributed by atoms with Crippen LogP contribution in [0.3, 0.4) is 0 Å². The summed E-state index contributed by atoms with van der Waals surface area (Å²) in [6.45, 7) is 4.09. The van der Waals surface area contributed by atoms with E-state index in [0.717, 1.165) is 17.7 Å². The van der Waals surface area contributed by atoms with Gasteiger partial charge in [-0.1, -0.05) is 32.0 Å². The molecular weight excluding hydrogens is 282 g/mol. The van der Waals surface area contributed by atoms with Crippen molar-refractivity contribution in [1.29, 1.82) is 0 Å². The molecule has 0 saturated heterocycles. The molecule has 6 nitrogen and oxygen atoms in total. The van der Waals surface area contributed by atoms with Gasteiger partial charge in [0.2, 0.25) is 11.8 Å². The molecule has 22 heavy (non-hydrogen) atoms. The lowest BCUT2D eigenvalue weighted by Crippen LogP contribution is -2.50. The van der Waals surface area contributed by atoms with Crippen LogP contribution in [0.1, 0.15) is 19.4 Å². The minimum atomic E-state index is -0.599. The van der Waals surface area contributed by atoms with Gasteiger partial charge in [0.15, 0.2) is 0 Å². The van der Waals surface area contributed by atoms with E-state index in [2.05, 4.69) is 10.6 Å². The Bertz CT molecular complexity index is 545. The summed E-state index contributed by atoms with van der Waals surface area (Å²) < 4.78 is 5.61. The average molecular weight is 305 g/mol. The number of amides is 2. The van der Waals surface area contributed by atoms with E-state index in [9.17, 15) is 9.59 Å². The van der Waals surface area contributed by atoms with Crippen LogP contribution in [0.25, 0.3) is 0 Å². The lowest BCUT2D eigenvalue weighted by Gasteiger charge is -2.26. The van der Waals surface area contributed by atoms with Gasteiger partial charge in [0.05, 0.1) is 18.6 Å². The summed E-state index contributed by atoms with van der Waals surface area (Å²) in [7, 11) is 0. The largest absolute Gasteiger partial charge is 0.491 e. The van der Waals surface area contributed by atoms with Crippen molar-refractivity contribution in [2.75, 3.05) is 13.2 Å². The Kier molecular flexibility index (Phi) is 5.38. The van der Waals surface area contributed by atoms with Crippen LogP contribution in [0.4, 0.5) is 0 Å². The zero-order chi connectivity index (χ0) is 16.1. The highest BCUT2D eigenvalue weighted by Crippen LogP contribution is 2.23. The quantitative estimate of drug-likeness (QED) is 0.725. The number of rotatable bonds is 5. The van der Waals surface area contributed by atoms with Crippen LogP contribution in [0.15, 0.2) is 24.3 Å². The molecule has 2 atom stereocenters. The molecule has 120 valence electrons. The molecular formula is C16H23N3O3. The minimum absolute atomic E-state index is 0.0336. The van der Waals surface area contributed by atoms with Crippen molar-refractivity contribution in [2.24, 2.45) is 11.7 Å². The highest BCUT2D eigenvalue weighted by molar-refractivity contribution is 5.87. The molecule has 1 aliphatic rings. The van der Waals surface area contributed by atoms with Crippen molar-refractivity contribution in [1.82, 2.24) is 10.6 Å². The Balaban J connectivity index is 1.78. The van der Waals surface area contributed by atoms with Crippen molar-refractivity contribution in [2.45, 2.75) is 32.4 Å². The highest BCUT2D eigenvalue weighted by Gasteiger charge is 2.22. The van der Waals surface area contributed by atoms with Crippen LogP contribution in [0.5, 0.6) is 5.75 Å². The molecule has 0 spiro atoms. The Morgan fingerprint density at radius 1 is 1.36 bits per heavy atom. The van der Waals surface area contributed by atoms with E-state index in [1.54, 1.807) is 0 Å². The lowest BCUT2D eigenvalue weighted by molar-refractivity contribution is -0.127. The number of para-hydroxylation sites is 1. The number of fused-ring (bicyclic) bond motifs is 1. The maximum Gasteiger partial charge on any atom is 0.239 e. The van der Waals surface area contributed by atoms with Crippen LogP contribution in [0, 0.1) is 5.92 Å². The molecule has 2 rings (SSSR count). The van der Waals surface area contributed by atoms with Crippen molar-refractivity contribution >= 4 is 11.8 Å². The highest BCUT2D eigenvalue weighted by atomic mass is 16.5. The Hall–Kier alpha value is -2.08. The van der Waals surface area contributed by atoms with Crippen molar-refractivity contribution in [3.8, 4) is 5.75 Å². The molecule has 6 heteroatoms. The lowest BCUT2D eigenvalue weighted by atomic mass is 10.0. The zero-order valence-electron chi connectivity index (χ0n) is 13.0. The third kappa shape index (κ3) is 4.21. The second-order valence-electron chi connectivity index (χ2n) is 5.87. The van der Waals surface area contributed by atoms with Crippen LogP contribution in [0.2, 0.25) is 0 Å². The summed E-state index contributed by atoms with van der Waals surface area (Å²) in [5.41, 5.74) is 6.79. The van der Waals surface area contributed by atoms with Gasteiger partial charge in [-0.25, -0.2) is 0 Å². The summed E-state index contributed by atoms with van der Waals surface area (Å²) in [6.07, 6.45) is 0.724. The van der Waals surface area contributed by atoms with E-state index in [1.165, 1.54) is 0 Å². The molecule has 2 amide bonds. The van der Waals surface area contributed by atoms with E-state index in [4.69, 9.17) is 10.5 Å². The third-order valence-electron chi connectivity index (χ3n) is 3.69. The van der Waals surface area contributed by atoms with E-state index in [0.29, 0.717) is 6.61 Å². The second-order valence-corrected chi connectivity index (χ2v) is 5.87. The van der Waals surface area contributed by atoms with Gasteiger partial charge in [0, 0.05) is 0 Å². The maximum absolute atomic E-state index is 11.9. The van der Waals surface area contributed by atoms with Gasteiger partial charge in [-0.3, -0.25) is 9.59 Å². The van der Waals surface area contributed by atoms with Gasteiger partial charge < -0.3 is 21.1 Å². The van der Waals surface area contributed by atoms with Crippen LogP contribution < -0.4 is 21.1 Å². The van der Waals surface area contributed by atoms with Gasteiger partial charge in [-0.2, -0.15) is 0 Å². The zero-order valence-corrected chi connectivity index (χ0v) is 13.0. The first-order valence-corrected chi connectivity index (χ1v) is 7.50. The fourth-order valence-corrected chi connectivity index (χ4v) is 2.29. The normalized spacial score (nSPS) is 18.1. The Labute approximate surface area is 130 Å². The molecule has 0 bridgehead atoms. The summed E-state index contributed by atoms with van der Waals surface area (Å²) in [5, 5.41) is 5.42. The maximum atomic E-state index is 11.9. The molecule has 0 saturated carbocycles. The van der Waals surface area contributed by atoms with E-state index in [-0.39, 0.29) is 30.3 Å². The number of nitrogens with two attached hydrogens (primary N) is 1. The predicted molar refractivity (Wildman–Crippen MR) is 83.4 cm³/mol. The fraction of sp³-hybridized carbons (Fsp3) is 0.500. The van der Waals surface area contributed by atoms with E-state index >= 15 is 0 Å². The molecule has 1 heterocycles. The SMILES string of the molecule is CC(C)[C@H](N)C(=O)NCC(=O)NC1COc2ccccc2C1. The Morgan fingerprint density at radius 3 is 2.82 bits per heavy atom. The number of nitrogens with one attached hydrogen (secondary N) is 2. The van der Waals surface area contributed by atoms with Gasteiger partial charge in [-0.15, -0.1) is 0 Å². The number of carbonyl (C=O) groups is 2. The molecule has 4 N–H and O–H groups in total. The summed E-state index contributed by atoms with van der Waals surface area (Å²) >= 11 is 0. The minimum Gasteiger partial charge on any atom is -0.491 e. The van der Waals surface area contributed by atoms with Crippen LogP contribution in [-0.4, -0.2) is 37.0 Å². The average Bonchev–Trinajstić information content (AvgIpc) is 2.51. The first-order chi connectivity index (χ1) is 10.5. The molecule has 0 aliphatic carbocycles. The molecule has 0 aromatic heterocycles. The number of benzene rings is 1. The third-order valence-corrected chi connectivity index (χ3v) is 3.69. The molecule has 1 aromatic carbocycles. The van der Waals surface area contributed by atoms with Crippen molar-refractivity contribution < 1.29 is 14.3 Å². The van der Waals surface area contributed by atoms with Gasteiger partial charge in [0.1, 0.15) is 12.4 Å². The van der Waals surface area contributed by atoms with Crippen molar-refractivity contribution in [3.63, 3.8) is 0 Å². The summed E-state index contributed by atoms with van der Waals surface area (Å²) in [5.74, 6) is 0.350. The first kappa shape index (κ1) is 16.3. The number of carbonyl (C=O) groups excluding carboxylic acids is 2. The smallest absolute Gasteiger partial charge is 0.239 e. The number of ether oxygens (including phenoxy) is 1. The van der Waals surface area contributed by atoms with E-state index in [1.807, 2.05) is 38.1 Å². The first-order valence-electron chi connectivity index (χ1n) is 7.50. The second kappa shape index (κ2) is 7.26. The fourth-order valence-electron chi connectivity index (χ4n) is 2.29. The van der Waals surface area contributed by atoms with Gasteiger partial charge in [-0.05, 0) is 24.0 Å². The summed E-state index contributed by atoms with van der Waals surface area (Å²) in [6, 6.07) is 7.08. The Morgan fingerprint density at radius 2 is 2.09 bits per heavy atom.